The second-order valence-corrected chi connectivity index (χ2v) is 5.10. The van der Waals surface area contributed by atoms with E-state index in [1.807, 2.05) is 12.1 Å². The lowest BCUT2D eigenvalue weighted by Crippen LogP contribution is -2.35. The van der Waals surface area contributed by atoms with Crippen LogP contribution in [0.4, 0.5) is 0 Å². The molecule has 0 aliphatic heterocycles. The number of likely N-dealkylation sites (N-methyl/N-ethyl adjacent to an activating group) is 1. The van der Waals surface area contributed by atoms with Crippen LogP contribution in [0.3, 0.4) is 0 Å². The minimum absolute atomic E-state index is 0.135. The highest BCUT2D eigenvalue weighted by molar-refractivity contribution is 6.30. The number of rotatable bonds is 4. The first kappa shape index (κ1) is 15.1. The van der Waals surface area contributed by atoms with E-state index in [9.17, 15) is 9.59 Å². The Morgan fingerprint density at radius 1 is 1.33 bits per heavy atom. The van der Waals surface area contributed by atoms with Crippen LogP contribution in [0.25, 0.3) is 5.69 Å². The molecule has 1 aromatic carbocycles. The average molecular weight is 307 g/mol. The van der Waals surface area contributed by atoms with E-state index < -0.39 is 5.91 Å². The highest BCUT2D eigenvalue weighted by Crippen LogP contribution is 2.17. The molecule has 1 heterocycles. The summed E-state index contributed by atoms with van der Waals surface area (Å²) in [6, 6.07) is 7.12. The highest BCUT2D eigenvalue weighted by atomic mass is 35.5. The average Bonchev–Trinajstić information content (AvgIpc) is 2.80. The Morgan fingerprint density at radius 2 is 1.95 bits per heavy atom. The minimum Gasteiger partial charge on any atom is -0.368 e. The molecular weight excluding hydrogens is 292 g/mol. The minimum atomic E-state index is -0.561. The number of nitrogens with two attached hydrogens (primary N) is 1. The maximum absolute atomic E-state index is 12.2. The lowest BCUT2D eigenvalue weighted by atomic mass is 10.2. The summed E-state index contributed by atoms with van der Waals surface area (Å²) in [6.45, 7) is 1.65. The molecule has 2 amide bonds. The largest absolute Gasteiger partial charge is 0.368 e. The number of hydrogen-bond donors (Lipinski definition) is 1. The van der Waals surface area contributed by atoms with E-state index in [4.69, 9.17) is 17.3 Å². The van der Waals surface area contributed by atoms with Crippen molar-refractivity contribution in [3.8, 4) is 5.69 Å². The van der Waals surface area contributed by atoms with E-state index in [1.165, 1.54) is 18.1 Å². The Labute approximate surface area is 127 Å². The molecular formula is C14H15ClN4O2. The Kier molecular flexibility index (Phi) is 4.28. The quantitative estimate of drug-likeness (QED) is 0.927. The van der Waals surface area contributed by atoms with Gasteiger partial charge >= 0.3 is 0 Å². The number of carbonyl (C=O) groups is 2. The van der Waals surface area contributed by atoms with Crippen LogP contribution in [0.5, 0.6) is 0 Å². The number of amides is 2. The molecule has 0 aliphatic carbocycles. The second kappa shape index (κ2) is 5.97. The molecule has 2 rings (SSSR count). The number of hydrogen-bond acceptors (Lipinski definition) is 3. The summed E-state index contributed by atoms with van der Waals surface area (Å²) in [6.07, 6.45) is 1.48. The Balaban J connectivity index is 2.30. The predicted molar refractivity (Wildman–Crippen MR) is 79.5 cm³/mol. The maximum Gasteiger partial charge on any atom is 0.257 e. The van der Waals surface area contributed by atoms with Gasteiger partial charge in [0.15, 0.2) is 0 Å². The first-order chi connectivity index (χ1) is 9.90. The molecule has 0 aliphatic rings. The van der Waals surface area contributed by atoms with Crippen molar-refractivity contribution in [1.82, 2.24) is 14.7 Å². The van der Waals surface area contributed by atoms with E-state index in [0.29, 0.717) is 16.3 Å². The molecule has 6 nitrogen and oxygen atoms in total. The monoisotopic (exact) mass is 306 g/mol. The number of benzene rings is 1. The zero-order valence-electron chi connectivity index (χ0n) is 11.7. The van der Waals surface area contributed by atoms with Crippen molar-refractivity contribution in [2.75, 3.05) is 13.6 Å². The standard InChI is InChI=1S/C14H15ClN4O2/c1-9-12(14(21)18(2)8-13(16)20)7-17-19(9)11-5-3-10(15)4-6-11/h3-7H,8H2,1-2H3,(H2,16,20). The van der Waals surface area contributed by atoms with Crippen LogP contribution in [0.15, 0.2) is 30.5 Å². The van der Waals surface area contributed by atoms with Crippen molar-refractivity contribution in [1.29, 1.82) is 0 Å². The molecule has 2 aromatic rings. The molecule has 7 heteroatoms. The fraction of sp³-hybridized carbons (Fsp3) is 0.214. The molecule has 0 spiro atoms. The van der Waals surface area contributed by atoms with Gasteiger partial charge in [0.2, 0.25) is 5.91 Å². The Hall–Kier alpha value is -2.34. The first-order valence-corrected chi connectivity index (χ1v) is 6.62. The van der Waals surface area contributed by atoms with Gasteiger partial charge in [-0.2, -0.15) is 5.10 Å². The normalized spacial score (nSPS) is 10.4. The summed E-state index contributed by atoms with van der Waals surface area (Å²) in [7, 11) is 1.52. The molecule has 2 N–H and O–H groups in total. The van der Waals surface area contributed by atoms with Gasteiger partial charge in [0, 0.05) is 12.1 Å². The van der Waals surface area contributed by atoms with E-state index in [-0.39, 0.29) is 12.5 Å². The van der Waals surface area contributed by atoms with Crippen LogP contribution in [0.2, 0.25) is 5.02 Å². The summed E-state index contributed by atoms with van der Waals surface area (Å²) < 4.78 is 1.64. The third-order valence-electron chi connectivity index (χ3n) is 3.05. The molecule has 0 unspecified atom stereocenters. The van der Waals surface area contributed by atoms with Crippen LogP contribution >= 0.6 is 11.6 Å². The van der Waals surface area contributed by atoms with Gasteiger partial charge in [-0.15, -0.1) is 0 Å². The zero-order chi connectivity index (χ0) is 15.6. The SMILES string of the molecule is Cc1c(C(=O)N(C)CC(N)=O)cnn1-c1ccc(Cl)cc1. The van der Waals surface area contributed by atoms with Crippen molar-refractivity contribution in [3.05, 3.63) is 46.7 Å². The summed E-state index contributed by atoms with van der Waals surface area (Å²) in [5, 5.41) is 4.83. The van der Waals surface area contributed by atoms with Crippen LogP contribution in [-0.2, 0) is 4.79 Å². The number of halogens is 1. The maximum atomic E-state index is 12.2. The fourth-order valence-electron chi connectivity index (χ4n) is 1.97. The van der Waals surface area contributed by atoms with Gasteiger partial charge in [0.25, 0.3) is 5.91 Å². The Morgan fingerprint density at radius 3 is 2.52 bits per heavy atom. The van der Waals surface area contributed by atoms with Gasteiger partial charge in [0.05, 0.1) is 29.7 Å². The molecule has 0 radical (unpaired) electrons. The van der Waals surface area contributed by atoms with E-state index >= 15 is 0 Å². The zero-order valence-corrected chi connectivity index (χ0v) is 12.5. The van der Waals surface area contributed by atoms with Gasteiger partial charge in [-0.25, -0.2) is 4.68 Å². The van der Waals surface area contributed by atoms with E-state index in [0.717, 1.165) is 5.69 Å². The molecule has 21 heavy (non-hydrogen) atoms. The summed E-state index contributed by atoms with van der Waals surface area (Å²) in [5.41, 5.74) is 7.00. The third kappa shape index (κ3) is 3.22. The summed E-state index contributed by atoms with van der Waals surface area (Å²) in [5.74, 6) is -0.861. The molecule has 0 saturated carbocycles. The smallest absolute Gasteiger partial charge is 0.257 e. The van der Waals surface area contributed by atoms with Crippen molar-refractivity contribution < 1.29 is 9.59 Å². The van der Waals surface area contributed by atoms with Gasteiger partial charge < -0.3 is 10.6 Å². The van der Waals surface area contributed by atoms with Crippen molar-refractivity contribution in [2.45, 2.75) is 6.92 Å². The van der Waals surface area contributed by atoms with Gasteiger partial charge in [-0.05, 0) is 31.2 Å². The van der Waals surface area contributed by atoms with Crippen LogP contribution in [0.1, 0.15) is 16.1 Å². The summed E-state index contributed by atoms with van der Waals surface area (Å²) in [4.78, 5) is 24.4. The van der Waals surface area contributed by atoms with Crippen molar-refractivity contribution in [2.24, 2.45) is 5.73 Å². The molecule has 0 saturated heterocycles. The van der Waals surface area contributed by atoms with Gasteiger partial charge in [-0.3, -0.25) is 9.59 Å². The van der Waals surface area contributed by atoms with Gasteiger partial charge in [-0.1, -0.05) is 11.6 Å². The molecule has 1 aromatic heterocycles. The predicted octanol–water partition coefficient (Wildman–Crippen LogP) is 1.39. The summed E-state index contributed by atoms with van der Waals surface area (Å²) >= 11 is 5.85. The first-order valence-electron chi connectivity index (χ1n) is 6.24. The van der Waals surface area contributed by atoms with E-state index in [1.54, 1.807) is 23.7 Å². The topological polar surface area (TPSA) is 81.2 Å². The van der Waals surface area contributed by atoms with Crippen molar-refractivity contribution in [3.63, 3.8) is 0 Å². The molecule has 0 atom stereocenters. The van der Waals surface area contributed by atoms with Gasteiger partial charge in [0.1, 0.15) is 0 Å². The fourth-order valence-corrected chi connectivity index (χ4v) is 2.10. The lowest BCUT2D eigenvalue weighted by Gasteiger charge is -2.14. The number of carbonyl (C=O) groups excluding carboxylic acids is 2. The third-order valence-corrected chi connectivity index (χ3v) is 3.30. The molecule has 110 valence electrons. The number of nitrogens with zero attached hydrogens (tertiary/aromatic N) is 3. The number of primary amides is 1. The highest BCUT2D eigenvalue weighted by Gasteiger charge is 2.19. The van der Waals surface area contributed by atoms with Crippen molar-refractivity contribution >= 4 is 23.4 Å². The lowest BCUT2D eigenvalue weighted by molar-refractivity contribution is -0.118. The molecule has 0 fully saturated rings. The van der Waals surface area contributed by atoms with Crippen LogP contribution < -0.4 is 5.73 Å². The van der Waals surface area contributed by atoms with Crippen LogP contribution in [-0.4, -0.2) is 40.1 Å². The van der Waals surface area contributed by atoms with E-state index in [2.05, 4.69) is 5.10 Å². The number of aromatic nitrogens is 2. The van der Waals surface area contributed by atoms with Crippen LogP contribution in [0, 0.1) is 6.92 Å². The molecule has 0 bridgehead atoms. The Bertz CT molecular complexity index is 679. The second-order valence-electron chi connectivity index (χ2n) is 4.66.